The molecule has 0 atom stereocenters. The van der Waals surface area contributed by atoms with E-state index in [-0.39, 0.29) is 0 Å². The highest BCUT2D eigenvalue weighted by atomic mass is 32.1. The van der Waals surface area contributed by atoms with Gasteiger partial charge in [0.2, 0.25) is 0 Å². The Labute approximate surface area is 49.5 Å². The zero-order valence-corrected chi connectivity index (χ0v) is 4.99. The second-order valence-electron chi connectivity index (χ2n) is 0.956. The van der Waals surface area contributed by atoms with Crippen molar-refractivity contribution in [2.24, 2.45) is 0 Å². The first-order valence-electron chi connectivity index (χ1n) is 2.04. The van der Waals surface area contributed by atoms with Gasteiger partial charge in [-0.05, 0) is 12.4 Å². The average molecular weight is 115 g/mol. The maximum Gasteiger partial charge on any atom is 0.00998 e. The van der Waals surface area contributed by atoms with E-state index in [2.05, 4.69) is 24.5 Å². The van der Waals surface area contributed by atoms with Gasteiger partial charge in [0, 0.05) is 5.75 Å². The first-order valence-corrected chi connectivity index (χ1v) is 2.68. The fraction of sp³-hybridized carbons (Fsp3) is 0.200. The van der Waals surface area contributed by atoms with Crippen LogP contribution in [-0.2, 0) is 0 Å². The van der Waals surface area contributed by atoms with Crippen molar-refractivity contribution in [2.75, 3.05) is 5.75 Å². The molecule has 0 aliphatic heterocycles. The molecule has 0 radical (unpaired) electrons. The topological polar surface area (TPSA) is 12.0 Å². The van der Waals surface area contributed by atoms with Gasteiger partial charge in [-0.1, -0.05) is 12.7 Å². The van der Waals surface area contributed by atoms with Crippen LogP contribution in [0.4, 0.5) is 0 Å². The third kappa shape index (κ3) is 5.63. The molecule has 0 aromatic carbocycles. The molecule has 0 amide bonds. The quantitative estimate of drug-likeness (QED) is 0.526. The van der Waals surface area contributed by atoms with Crippen molar-refractivity contribution in [3.8, 4) is 0 Å². The minimum absolute atomic E-state index is 0.765. The van der Waals surface area contributed by atoms with Gasteiger partial charge < -0.3 is 5.32 Å². The number of hydrogen-bond acceptors (Lipinski definition) is 2. The summed E-state index contributed by atoms with van der Waals surface area (Å²) in [5, 5.41) is 2.78. The molecule has 0 saturated heterocycles. The van der Waals surface area contributed by atoms with E-state index in [1.165, 1.54) is 0 Å². The SMILES string of the molecule is C=CN/C=C\CS. The Hall–Kier alpha value is -0.370. The van der Waals surface area contributed by atoms with Gasteiger partial charge in [-0.15, -0.1) is 0 Å². The molecule has 0 bridgehead atoms. The molecule has 0 aromatic heterocycles. The van der Waals surface area contributed by atoms with E-state index in [1.54, 1.807) is 12.4 Å². The predicted molar refractivity (Wildman–Crippen MR) is 36.3 cm³/mol. The molecule has 1 nitrogen and oxygen atoms in total. The molecule has 0 rings (SSSR count). The molecular weight excluding hydrogens is 106 g/mol. The Balaban J connectivity index is 2.92. The van der Waals surface area contributed by atoms with Gasteiger partial charge >= 0.3 is 0 Å². The lowest BCUT2D eigenvalue weighted by molar-refractivity contribution is 1.20. The molecule has 0 aromatic rings. The number of rotatable bonds is 3. The second-order valence-corrected chi connectivity index (χ2v) is 1.32. The summed E-state index contributed by atoms with van der Waals surface area (Å²) in [5.41, 5.74) is 0. The number of hydrogen-bond donors (Lipinski definition) is 2. The summed E-state index contributed by atoms with van der Waals surface area (Å²) < 4.78 is 0. The van der Waals surface area contributed by atoms with Crippen LogP contribution in [-0.4, -0.2) is 5.75 Å². The average Bonchev–Trinajstić information content (AvgIpc) is 1.69. The highest BCUT2D eigenvalue weighted by molar-refractivity contribution is 7.80. The minimum atomic E-state index is 0.765. The molecule has 0 spiro atoms. The van der Waals surface area contributed by atoms with Gasteiger partial charge in [-0.3, -0.25) is 0 Å². The zero-order valence-electron chi connectivity index (χ0n) is 4.09. The van der Waals surface area contributed by atoms with Gasteiger partial charge in [-0.25, -0.2) is 0 Å². The van der Waals surface area contributed by atoms with E-state index >= 15 is 0 Å². The number of thiol groups is 1. The van der Waals surface area contributed by atoms with Crippen molar-refractivity contribution in [1.82, 2.24) is 5.32 Å². The van der Waals surface area contributed by atoms with Crippen LogP contribution in [0, 0.1) is 0 Å². The monoisotopic (exact) mass is 115 g/mol. The van der Waals surface area contributed by atoms with Gasteiger partial charge in [0.15, 0.2) is 0 Å². The molecule has 0 aliphatic carbocycles. The Kier molecular flexibility index (Phi) is 5.33. The predicted octanol–water partition coefficient (Wildman–Crippen LogP) is 1.16. The van der Waals surface area contributed by atoms with E-state index in [1.807, 2.05) is 6.08 Å². The lowest BCUT2D eigenvalue weighted by Crippen LogP contribution is -1.88. The molecule has 0 fully saturated rings. The van der Waals surface area contributed by atoms with E-state index in [4.69, 9.17) is 0 Å². The van der Waals surface area contributed by atoms with Crippen molar-refractivity contribution in [3.05, 3.63) is 25.1 Å². The molecule has 40 valence electrons. The summed E-state index contributed by atoms with van der Waals surface area (Å²) in [4.78, 5) is 0. The highest BCUT2D eigenvalue weighted by Crippen LogP contribution is 1.72. The Morgan fingerprint density at radius 2 is 2.43 bits per heavy atom. The fourth-order valence-electron chi connectivity index (χ4n) is 0.189. The first kappa shape index (κ1) is 6.63. The third-order valence-electron chi connectivity index (χ3n) is 0.437. The first-order chi connectivity index (χ1) is 3.41. The van der Waals surface area contributed by atoms with Crippen LogP contribution in [0.3, 0.4) is 0 Å². The summed E-state index contributed by atoms with van der Waals surface area (Å²) >= 11 is 3.93. The highest BCUT2D eigenvalue weighted by Gasteiger charge is 1.59. The summed E-state index contributed by atoms with van der Waals surface area (Å²) in [6.07, 6.45) is 5.30. The zero-order chi connectivity index (χ0) is 5.54. The maximum absolute atomic E-state index is 3.93. The maximum atomic E-state index is 3.93. The van der Waals surface area contributed by atoms with E-state index < -0.39 is 0 Å². The summed E-state index contributed by atoms with van der Waals surface area (Å²) in [5.74, 6) is 0.765. The smallest absolute Gasteiger partial charge is 0.00998 e. The lowest BCUT2D eigenvalue weighted by atomic mass is 10.7. The third-order valence-corrected chi connectivity index (χ3v) is 0.648. The van der Waals surface area contributed by atoms with Crippen molar-refractivity contribution >= 4 is 12.6 Å². The van der Waals surface area contributed by atoms with E-state index in [0.717, 1.165) is 5.75 Å². The van der Waals surface area contributed by atoms with Crippen LogP contribution < -0.4 is 5.32 Å². The van der Waals surface area contributed by atoms with Crippen LogP contribution >= 0.6 is 12.6 Å². The normalized spacial score (nSPS) is 9.29. The molecule has 1 N–H and O–H groups in total. The van der Waals surface area contributed by atoms with Crippen LogP contribution in [0.15, 0.2) is 25.1 Å². The van der Waals surface area contributed by atoms with Crippen molar-refractivity contribution in [1.29, 1.82) is 0 Å². The molecule has 0 aliphatic rings. The molecular formula is C5H9NS. The van der Waals surface area contributed by atoms with Gasteiger partial charge in [0.1, 0.15) is 0 Å². The largest absolute Gasteiger partial charge is 0.369 e. The molecule has 7 heavy (non-hydrogen) atoms. The van der Waals surface area contributed by atoms with Crippen molar-refractivity contribution < 1.29 is 0 Å². The summed E-state index contributed by atoms with van der Waals surface area (Å²) in [7, 11) is 0. The van der Waals surface area contributed by atoms with Gasteiger partial charge in [-0.2, -0.15) is 12.6 Å². The van der Waals surface area contributed by atoms with Gasteiger partial charge in [0.25, 0.3) is 0 Å². The van der Waals surface area contributed by atoms with Crippen LogP contribution in [0.25, 0.3) is 0 Å². The van der Waals surface area contributed by atoms with E-state index in [9.17, 15) is 0 Å². The van der Waals surface area contributed by atoms with Crippen LogP contribution in [0.5, 0.6) is 0 Å². The Morgan fingerprint density at radius 1 is 1.71 bits per heavy atom. The Bertz CT molecular complexity index is 68.5. The van der Waals surface area contributed by atoms with Gasteiger partial charge in [0.05, 0.1) is 0 Å². The molecule has 0 unspecified atom stereocenters. The van der Waals surface area contributed by atoms with E-state index in [0.29, 0.717) is 0 Å². The summed E-state index contributed by atoms with van der Waals surface area (Å²) in [6.45, 7) is 3.45. The molecule has 0 saturated carbocycles. The van der Waals surface area contributed by atoms with Crippen molar-refractivity contribution in [2.45, 2.75) is 0 Å². The van der Waals surface area contributed by atoms with Crippen molar-refractivity contribution in [3.63, 3.8) is 0 Å². The molecule has 2 heteroatoms. The standard InChI is InChI=1S/C5H9NS/c1-2-6-4-3-5-7/h2-4,6-7H,1,5H2/b4-3-. The van der Waals surface area contributed by atoms with Crippen LogP contribution in [0.2, 0.25) is 0 Å². The molecule has 0 heterocycles. The number of nitrogens with one attached hydrogen (secondary N) is 1. The fourth-order valence-corrected chi connectivity index (χ4v) is 0.294. The summed E-state index contributed by atoms with van der Waals surface area (Å²) in [6, 6.07) is 0. The van der Waals surface area contributed by atoms with Crippen LogP contribution in [0.1, 0.15) is 0 Å². The second kappa shape index (κ2) is 5.63. The Morgan fingerprint density at radius 3 is 2.86 bits per heavy atom. The lowest BCUT2D eigenvalue weighted by Gasteiger charge is -1.81. The minimum Gasteiger partial charge on any atom is -0.369 e.